The molecule has 12 nitrogen and oxygen atoms in total. The molecule has 1 aromatic heterocycles. The van der Waals surface area contributed by atoms with Gasteiger partial charge in [0.15, 0.2) is 6.61 Å². The largest absolute Gasteiger partial charge is 0.494 e. The minimum Gasteiger partial charge on any atom is -0.494 e. The number of ether oxygens (including phenoxy) is 2. The minimum atomic E-state index is -4.59. The van der Waals surface area contributed by atoms with Gasteiger partial charge in [-0.25, -0.2) is 4.79 Å². The maximum Gasteiger partial charge on any atom is 0.422 e. The van der Waals surface area contributed by atoms with Crippen molar-refractivity contribution in [2.24, 2.45) is 0 Å². The molecule has 16 heteroatoms. The van der Waals surface area contributed by atoms with Crippen LogP contribution in [0.2, 0.25) is 0 Å². The van der Waals surface area contributed by atoms with Gasteiger partial charge in [0, 0.05) is 36.2 Å². The van der Waals surface area contributed by atoms with Crippen LogP contribution in [-0.2, 0) is 6.54 Å². The van der Waals surface area contributed by atoms with E-state index in [2.05, 4.69) is 52.1 Å². The molecule has 1 heterocycles. The molecule has 0 spiro atoms. The number of carbonyl (C=O) groups is 2. The van der Waals surface area contributed by atoms with Crippen molar-refractivity contribution in [3.8, 4) is 11.8 Å². The number of carbonyl (C=O) groups excluding carboxylic acids is 1. The molecule has 0 bridgehead atoms. The highest BCUT2D eigenvalue weighted by Crippen LogP contribution is 2.21. The number of hydrogen-bond donors (Lipinski definition) is 5. The number of benzene rings is 2. The number of rotatable bonds is 16. The van der Waals surface area contributed by atoms with Crippen molar-refractivity contribution in [2.45, 2.75) is 25.6 Å². The van der Waals surface area contributed by atoms with Crippen LogP contribution in [0.25, 0.3) is 0 Å². The van der Waals surface area contributed by atoms with Gasteiger partial charge >= 0.3 is 18.3 Å². The van der Waals surface area contributed by atoms with Crippen molar-refractivity contribution >= 4 is 45.5 Å². The maximum absolute atomic E-state index is 12.7. The molecule has 2 amide bonds. The van der Waals surface area contributed by atoms with Crippen LogP contribution >= 0.6 is 15.9 Å². The number of aromatic nitrogens is 3. The third kappa shape index (κ3) is 12.0. The van der Waals surface area contributed by atoms with Gasteiger partial charge < -0.3 is 35.8 Å². The lowest BCUT2D eigenvalue weighted by Gasteiger charge is -2.12. The second-order valence-corrected chi connectivity index (χ2v) is 9.39. The van der Waals surface area contributed by atoms with E-state index in [9.17, 15) is 22.8 Å². The van der Waals surface area contributed by atoms with Crippen molar-refractivity contribution in [2.75, 3.05) is 42.3 Å². The van der Waals surface area contributed by atoms with E-state index in [1.54, 1.807) is 12.1 Å². The van der Waals surface area contributed by atoms with E-state index in [-0.39, 0.29) is 37.4 Å². The predicted molar refractivity (Wildman–Crippen MR) is 152 cm³/mol. The summed E-state index contributed by atoms with van der Waals surface area (Å²) in [6.45, 7) is -0.262. The molecule has 0 aliphatic heterocycles. The lowest BCUT2D eigenvalue weighted by atomic mass is 10.2. The summed E-state index contributed by atoms with van der Waals surface area (Å²) in [4.78, 5) is 34.8. The van der Waals surface area contributed by atoms with E-state index in [0.717, 1.165) is 17.3 Å². The highest BCUT2D eigenvalue weighted by molar-refractivity contribution is 9.09. The Morgan fingerprint density at radius 3 is 2.24 bits per heavy atom. The lowest BCUT2D eigenvalue weighted by Crippen LogP contribution is -2.29. The van der Waals surface area contributed by atoms with E-state index in [4.69, 9.17) is 14.6 Å². The summed E-state index contributed by atoms with van der Waals surface area (Å²) in [5, 5.41) is 20.1. The van der Waals surface area contributed by atoms with Gasteiger partial charge in [0.25, 0.3) is 5.91 Å². The Kier molecular flexibility index (Phi) is 12.4. The average molecular weight is 656 g/mol. The molecule has 0 saturated heterocycles. The summed E-state index contributed by atoms with van der Waals surface area (Å²) in [6.07, 6.45) is -4.44. The summed E-state index contributed by atoms with van der Waals surface area (Å²) < 4.78 is 48.6. The van der Waals surface area contributed by atoms with E-state index >= 15 is 0 Å². The predicted octanol–water partition coefficient (Wildman–Crippen LogP) is 4.72. The third-order valence-corrected chi connectivity index (χ3v) is 5.78. The van der Waals surface area contributed by atoms with Gasteiger partial charge in [-0.05, 0) is 54.8 Å². The Hall–Kier alpha value is -4.34. The topological polar surface area (TPSA) is 160 Å². The maximum atomic E-state index is 12.7. The molecule has 0 atom stereocenters. The average Bonchev–Trinajstić information content (AvgIpc) is 2.95. The number of hydrogen-bond acceptors (Lipinski definition) is 9. The van der Waals surface area contributed by atoms with Gasteiger partial charge in [-0.1, -0.05) is 28.1 Å². The van der Waals surface area contributed by atoms with Crippen molar-refractivity contribution in [1.82, 2.24) is 25.6 Å². The summed E-state index contributed by atoms with van der Waals surface area (Å²) in [5.41, 5.74) is 1.65. The molecule has 5 N–H and O–H groups in total. The first-order chi connectivity index (χ1) is 20.1. The number of nitrogens with zero attached hydrogens (tertiary/aromatic N) is 3. The van der Waals surface area contributed by atoms with Crippen LogP contribution in [0.5, 0.6) is 11.8 Å². The van der Waals surface area contributed by atoms with Crippen molar-refractivity contribution in [1.29, 1.82) is 0 Å². The molecule has 0 saturated carbocycles. The Morgan fingerprint density at radius 1 is 0.881 bits per heavy atom. The molecule has 226 valence electrons. The number of alkyl halides is 4. The molecule has 0 fully saturated rings. The van der Waals surface area contributed by atoms with Crippen LogP contribution < -0.4 is 30.7 Å². The molecule has 3 aromatic rings. The SMILES string of the molecule is O=C(O)NCCCNC(=O)c1ccc(Nc2nc(NCc3ccc(OCCCBr)cc3)nc(OCC(F)(F)F)n2)cc1. The summed E-state index contributed by atoms with van der Waals surface area (Å²) in [5.74, 6) is 0.259. The normalized spacial score (nSPS) is 11.0. The van der Waals surface area contributed by atoms with Crippen LogP contribution in [-0.4, -0.2) is 69.9 Å². The minimum absolute atomic E-state index is 0.0179. The second-order valence-electron chi connectivity index (χ2n) is 8.60. The zero-order chi connectivity index (χ0) is 30.4. The molecule has 42 heavy (non-hydrogen) atoms. The first-order valence-electron chi connectivity index (χ1n) is 12.7. The lowest BCUT2D eigenvalue weighted by molar-refractivity contribution is -0.154. The van der Waals surface area contributed by atoms with E-state index in [1.165, 1.54) is 12.1 Å². The highest BCUT2D eigenvalue weighted by Gasteiger charge is 2.29. The van der Waals surface area contributed by atoms with Gasteiger partial charge in [-0.3, -0.25) is 4.79 Å². The molecule has 0 radical (unpaired) electrons. The van der Waals surface area contributed by atoms with Crippen molar-refractivity contribution in [3.05, 3.63) is 59.7 Å². The number of nitrogens with one attached hydrogen (secondary N) is 4. The molecule has 0 aliphatic carbocycles. The molecule has 0 aliphatic rings. The van der Waals surface area contributed by atoms with Gasteiger partial charge in [-0.15, -0.1) is 0 Å². The number of carboxylic acid groups (broad SMARTS) is 1. The van der Waals surface area contributed by atoms with Crippen LogP contribution in [0.4, 0.5) is 35.5 Å². The Balaban J connectivity index is 1.63. The number of amides is 2. The van der Waals surface area contributed by atoms with Crippen LogP contribution in [0.3, 0.4) is 0 Å². The van der Waals surface area contributed by atoms with Crippen LogP contribution in [0, 0.1) is 0 Å². The molecule has 0 unspecified atom stereocenters. The van der Waals surface area contributed by atoms with Crippen LogP contribution in [0.1, 0.15) is 28.8 Å². The van der Waals surface area contributed by atoms with E-state index < -0.39 is 24.9 Å². The molecular formula is C26H29BrF3N7O5. The summed E-state index contributed by atoms with van der Waals surface area (Å²) in [7, 11) is 0. The fraction of sp³-hybridized carbons (Fsp3) is 0.346. The molecular weight excluding hydrogens is 627 g/mol. The first kappa shape index (κ1) is 32.2. The molecule has 3 rings (SSSR count). The van der Waals surface area contributed by atoms with Gasteiger partial charge in [0.2, 0.25) is 11.9 Å². The first-order valence-corrected chi connectivity index (χ1v) is 13.8. The van der Waals surface area contributed by atoms with Crippen molar-refractivity contribution in [3.63, 3.8) is 0 Å². The van der Waals surface area contributed by atoms with E-state index in [0.29, 0.717) is 30.0 Å². The second kappa shape index (κ2) is 16.2. The van der Waals surface area contributed by atoms with Crippen molar-refractivity contribution < 1.29 is 37.3 Å². The Bertz CT molecular complexity index is 1300. The zero-order valence-corrected chi connectivity index (χ0v) is 23.8. The number of halogens is 4. The van der Waals surface area contributed by atoms with Gasteiger partial charge in [0.05, 0.1) is 6.61 Å². The number of anilines is 3. The highest BCUT2D eigenvalue weighted by atomic mass is 79.9. The fourth-order valence-corrected chi connectivity index (χ4v) is 3.48. The van der Waals surface area contributed by atoms with E-state index in [1.807, 2.05) is 24.3 Å². The Morgan fingerprint density at radius 2 is 1.57 bits per heavy atom. The third-order valence-electron chi connectivity index (χ3n) is 5.22. The standard InChI is InChI=1S/C26H29BrF3N7O5/c27-11-1-14-41-20-9-3-17(4-10-20)15-33-22-35-23(37-24(36-22)42-16-26(28,29)30)34-19-7-5-18(6-8-19)21(38)31-12-2-13-32-25(39)40/h3-10,32H,1-2,11-16H2,(H,31,38)(H,39,40)(H2,33,34,35,36,37). The molecule has 2 aromatic carbocycles. The fourth-order valence-electron chi connectivity index (χ4n) is 3.25. The zero-order valence-electron chi connectivity index (χ0n) is 22.2. The monoisotopic (exact) mass is 655 g/mol. The smallest absolute Gasteiger partial charge is 0.422 e. The van der Waals surface area contributed by atoms with Crippen LogP contribution in [0.15, 0.2) is 48.5 Å². The van der Waals surface area contributed by atoms with Gasteiger partial charge in [-0.2, -0.15) is 28.1 Å². The van der Waals surface area contributed by atoms with Gasteiger partial charge in [0.1, 0.15) is 5.75 Å². The summed E-state index contributed by atoms with van der Waals surface area (Å²) in [6, 6.07) is 12.9. The summed E-state index contributed by atoms with van der Waals surface area (Å²) >= 11 is 3.34. The Labute approximate surface area is 247 Å². The quantitative estimate of drug-likeness (QED) is 0.108.